The molecule has 0 atom stereocenters. The fourth-order valence-electron chi connectivity index (χ4n) is 2.04. The van der Waals surface area contributed by atoms with E-state index in [0.29, 0.717) is 5.69 Å². The zero-order valence-corrected chi connectivity index (χ0v) is 14.3. The fourth-order valence-corrected chi connectivity index (χ4v) is 2.04. The van der Waals surface area contributed by atoms with E-state index < -0.39 is 0 Å². The van der Waals surface area contributed by atoms with Crippen LogP contribution in [0.1, 0.15) is 38.2 Å². The highest BCUT2D eigenvalue weighted by Gasteiger charge is 2.16. The van der Waals surface area contributed by atoms with E-state index in [1.54, 1.807) is 30.5 Å². The first-order valence-corrected chi connectivity index (χ1v) is 7.66. The quantitative estimate of drug-likeness (QED) is 0.805. The maximum Gasteiger partial charge on any atom is 0.270 e. The van der Waals surface area contributed by atoms with E-state index >= 15 is 0 Å². The first kappa shape index (κ1) is 17.5. The number of aromatic nitrogens is 1. The minimum atomic E-state index is -0.318. The molecule has 0 aliphatic heterocycles. The maximum atomic E-state index is 12.2. The van der Waals surface area contributed by atoms with E-state index in [4.69, 9.17) is 0 Å². The van der Waals surface area contributed by atoms with Crippen molar-refractivity contribution in [1.82, 2.24) is 10.3 Å². The van der Waals surface area contributed by atoms with Crippen molar-refractivity contribution in [2.45, 2.75) is 33.2 Å². The summed E-state index contributed by atoms with van der Waals surface area (Å²) in [5.41, 5.74) is 2.37. The molecule has 2 aromatic rings. The van der Waals surface area contributed by atoms with Gasteiger partial charge in [-0.05, 0) is 57.2 Å². The van der Waals surface area contributed by atoms with Gasteiger partial charge in [-0.3, -0.25) is 14.6 Å². The first-order chi connectivity index (χ1) is 11.2. The van der Waals surface area contributed by atoms with Crippen LogP contribution in [0.2, 0.25) is 0 Å². The van der Waals surface area contributed by atoms with Crippen molar-refractivity contribution in [3.8, 4) is 0 Å². The van der Waals surface area contributed by atoms with Gasteiger partial charge < -0.3 is 16.0 Å². The Balaban J connectivity index is 2.09. The number of nitrogens with one attached hydrogen (secondary N) is 3. The van der Waals surface area contributed by atoms with E-state index in [9.17, 15) is 9.59 Å². The van der Waals surface area contributed by atoms with E-state index in [1.165, 1.54) is 6.92 Å². The molecule has 6 heteroatoms. The Kier molecular flexibility index (Phi) is 5.18. The third-order valence-electron chi connectivity index (χ3n) is 2.98. The van der Waals surface area contributed by atoms with Crippen LogP contribution in [-0.4, -0.2) is 22.3 Å². The Morgan fingerprint density at radius 2 is 1.58 bits per heavy atom. The van der Waals surface area contributed by atoms with Crippen LogP contribution in [0, 0.1) is 0 Å². The van der Waals surface area contributed by atoms with Crippen LogP contribution in [0.3, 0.4) is 0 Å². The molecule has 24 heavy (non-hydrogen) atoms. The zero-order valence-electron chi connectivity index (χ0n) is 14.3. The molecule has 0 saturated heterocycles. The average molecular weight is 326 g/mol. The number of carbonyl (C=O) groups excluding carboxylic acids is 2. The Morgan fingerprint density at radius 1 is 0.958 bits per heavy atom. The molecule has 0 aliphatic carbocycles. The van der Waals surface area contributed by atoms with Crippen molar-refractivity contribution < 1.29 is 9.59 Å². The van der Waals surface area contributed by atoms with Gasteiger partial charge in [-0.1, -0.05) is 0 Å². The highest BCUT2D eigenvalue weighted by molar-refractivity contribution is 5.93. The van der Waals surface area contributed by atoms with Crippen molar-refractivity contribution in [1.29, 1.82) is 0 Å². The molecule has 2 amide bonds. The van der Waals surface area contributed by atoms with Gasteiger partial charge in [0, 0.05) is 35.7 Å². The standard InChI is InChI=1S/C18H22N4O2/c1-12(23)20-13-5-7-14(8-6-13)21-15-9-10-19-16(11-15)17(24)22-18(2,3)4/h5-11H,1-4H3,(H,19,21)(H,20,23)(H,22,24). The lowest BCUT2D eigenvalue weighted by molar-refractivity contribution is -0.114. The second kappa shape index (κ2) is 7.12. The number of anilines is 3. The van der Waals surface area contributed by atoms with Crippen LogP contribution in [0.25, 0.3) is 0 Å². The highest BCUT2D eigenvalue weighted by Crippen LogP contribution is 2.19. The fraction of sp³-hybridized carbons (Fsp3) is 0.278. The third-order valence-corrected chi connectivity index (χ3v) is 2.98. The van der Waals surface area contributed by atoms with Crippen LogP contribution in [0.15, 0.2) is 42.6 Å². The summed E-state index contributed by atoms with van der Waals surface area (Å²) in [4.78, 5) is 27.3. The summed E-state index contributed by atoms with van der Waals surface area (Å²) < 4.78 is 0. The Labute approximate surface area is 141 Å². The largest absolute Gasteiger partial charge is 0.355 e. The van der Waals surface area contributed by atoms with Gasteiger partial charge in [0.15, 0.2) is 0 Å². The molecule has 2 rings (SSSR count). The number of hydrogen-bond donors (Lipinski definition) is 3. The van der Waals surface area contributed by atoms with Crippen molar-refractivity contribution in [2.75, 3.05) is 10.6 Å². The van der Waals surface area contributed by atoms with Gasteiger partial charge >= 0.3 is 0 Å². The molecule has 0 aliphatic rings. The minimum absolute atomic E-state index is 0.112. The van der Waals surface area contributed by atoms with Crippen molar-refractivity contribution in [3.63, 3.8) is 0 Å². The molecular weight excluding hydrogens is 304 g/mol. The van der Waals surface area contributed by atoms with Gasteiger partial charge in [0.05, 0.1) is 0 Å². The zero-order chi connectivity index (χ0) is 17.7. The van der Waals surface area contributed by atoms with Crippen LogP contribution in [-0.2, 0) is 4.79 Å². The molecule has 0 saturated carbocycles. The molecule has 1 aromatic carbocycles. The SMILES string of the molecule is CC(=O)Nc1ccc(Nc2ccnc(C(=O)NC(C)(C)C)c2)cc1. The van der Waals surface area contributed by atoms with Gasteiger partial charge in [-0.25, -0.2) is 0 Å². The number of pyridine rings is 1. The lowest BCUT2D eigenvalue weighted by Gasteiger charge is -2.20. The van der Waals surface area contributed by atoms with E-state index in [-0.39, 0.29) is 17.4 Å². The predicted molar refractivity (Wildman–Crippen MR) is 95.5 cm³/mol. The second-order valence-electron chi connectivity index (χ2n) is 6.52. The number of hydrogen-bond acceptors (Lipinski definition) is 4. The third kappa shape index (κ3) is 5.39. The maximum absolute atomic E-state index is 12.2. The minimum Gasteiger partial charge on any atom is -0.355 e. The molecule has 1 heterocycles. The molecule has 1 aromatic heterocycles. The summed E-state index contributed by atoms with van der Waals surface area (Å²) in [6.07, 6.45) is 1.59. The summed E-state index contributed by atoms with van der Waals surface area (Å²) in [6, 6.07) is 10.8. The number of rotatable bonds is 4. The Morgan fingerprint density at radius 3 is 2.17 bits per heavy atom. The molecule has 0 radical (unpaired) electrons. The number of carbonyl (C=O) groups is 2. The van der Waals surface area contributed by atoms with Gasteiger partial charge in [-0.2, -0.15) is 0 Å². The van der Waals surface area contributed by atoms with Gasteiger partial charge in [0.25, 0.3) is 5.91 Å². The van der Waals surface area contributed by atoms with E-state index in [2.05, 4.69) is 20.9 Å². The molecule has 0 spiro atoms. The lowest BCUT2D eigenvalue weighted by atomic mass is 10.1. The smallest absolute Gasteiger partial charge is 0.270 e. The molecule has 0 fully saturated rings. The van der Waals surface area contributed by atoms with E-state index in [0.717, 1.165) is 17.1 Å². The number of benzene rings is 1. The summed E-state index contributed by atoms with van der Waals surface area (Å²) >= 11 is 0. The lowest BCUT2D eigenvalue weighted by Crippen LogP contribution is -2.40. The average Bonchev–Trinajstić information content (AvgIpc) is 2.47. The van der Waals surface area contributed by atoms with Crippen molar-refractivity contribution >= 4 is 28.9 Å². The molecule has 3 N–H and O–H groups in total. The normalized spacial score (nSPS) is 10.8. The molecule has 126 valence electrons. The van der Waals surface area contributed by atoms with Gasteiger partial charge in [-0.15, -0.1) is 0 Å². The van der Waals surface area contributed by atoms with E-state index in [1.807, 2.05) is 32.9 Å². The van der Waals surface area contributed by atoms with Crippen LogP contribution in [0.5, 0.6) is 0 Å². The molecular formula is C18H22N4O2. The molecule has 0 unspecified atom stereocenters. The Hall–Kier alpha value is -2.89. The number of nitrogens with zero attached hydrogens (tertiary/aromatic N) is 1. The summed E-state index contributed by atoms with van der Waals surface area (Å²) in [5.74, 6) is -0.327. The second-order valence-corrected chi connectivity index (χ2v) is 6.52. The summed E-state index contributed by atoms with van der Waals surface area (Å²) in [5, 5.41) is 8.80. The van der Waals surface area contributed by atoms with Crippen LogP contribution >= 0.6 is 0 Å². The van der Waals surface area contributed by atoms with Crippen LogP contribution in [0.4, 0.5) is 17.1 Å². The summed E-state index contributed by atoms with van der Waals surface area (Å²) in [7, 11) is 0. The Bertz CT molecular complexity index is 733. The van der Waals surface area contributed by atoms with Crippen LogP contribution < -0.4 is 16.0 Å². The monoisotopic (exact) mass is 326 g/mol. The number of amides is 2. The van der Waals surface area contributed by atoms with Crippen molar-refractivity contribution in [3.05, 3.63) is 48.3 Å². The molecule has 0 bridgehead atoms. The predicted octanol–water partition coefficient (Wildman–Crippen LogP) is 3.31. The van der Waals surface area contributed by atoms with Gasteiger partial charge in [0.2, 0.25) is 5.91 Å². The highest BCUT2D eigenvalue weighted by atomic mass is 16.2. The topological polar surface area (TPSA) is 83.1 Å². The summed E-state index contributed by atoms with van der Waals surface area (Å²) in [6.45, 7) is 7.23. The van der Waals surface area contributed by atoms with Gasteiger partial charge in [0.1, 0.15) is 5.69 Å². The molecule has 6 nitrogen and oxygen atoms in total. The van der Waals surface area contributed by atoms with Crippen molar-refractivity contribution in [2.24, 2.45) is 0 Å². The first-order valence-electron chi connectivity index (χ1n) is 7.66.